The number of ketones is 1. The quantitative estimate of drug-likeness (QED) is 0.620. The number of hydrogen-bond donors (Lipinski definition) is 0. The number of alkyl halides is 1. The van der Waals surface area contributed by atoms with Crippen LogP contribution in [0.25, 0.3) is 5.69 Å². The molecule has 2 nitrogen and oxygen atoms in total. The van der Waals surface area contributed by atoms with Crippen LogP contribution in [-0.2, 0) is 0 Å². The molecule has 2 aromatic rings. The number of Topliss-reactive ketones (excluding diaryl/α,β-unsaturated/α-hetero) is 1. The van der Waals surface area contributed by atoms with Crippen molar-refractivity contribution in [3.05, 3.63) is 52.9 Å². The Morgan fingerprint density at radius 2 is 1.89 bits per heavy atom. The lowest BCUT2D eigenvalue weighted by molar-refractivity contribution is 0.102. The normalized spacial score (nSPS) is 10.8. The molecule has 0 bridgehead atoms. The van der Waals surface area contributed by atoms with Crippen LogP contribution in [0.15, 0.2) is 24.3 Å². The molecule has 1 aromatic carbocycles. The van der Waals surface area contributed by atoms with Gasteiger partial charge >= 0.3 is 0 Å². The molecule has 0 unspecified atom stereocenters. The summed E-state index contributed by atoms with van der Waals surface area (Å²) in [5, 5.41) is 0. The van der Waals surface area contributed by atoms with Gasteiger partial charge in [-0.2, -0.15) is 0 Å². The van der Waals surface area contributed by atoms with Crippen molar-refractivity contribution in [2.24, 2.45) is 0 Å². The number of aryl methyl sites for hydroxylation is 1. The summed E-state index contributed by atoms with van der Waals surface area (Å²) in [5.74, 6) is -2.12. The lowest BCUT2D eigenvalue weighted by atomic mass is 10.2. The van der Waals surface area contributed by atoms with Crippen molar-refractivity contribution in [2.75, 3.05) is 5.88 Å². The summed E-state index contributed by atoms with van der Waals surface area (Å²) in [6.07, 6.45) is 0. The molecule has 0 fully saturated rings. The summed E-state index contributed by atoms with van der Waals surface area (Å²) in [7, 11) is 0. The molecule has 0 atom stereocenters. The van der Waals surface area contributed by atoms with Gasteiger partial charge in [-0.1, -0.05) is 0 Å². The Labute approximate surface area is 114 Å². The Balaban J connectivity index is 2.59. The van der Waals surface area contributed by atoms with Crippen LogP contribution < -0.4 is 0 Å². The topological polar surface area (TPSA) is 22.0 Å². The summed E-state index contributed by atoms with van der Waals surface area (Å²) in [4.78, 5) is 11.7. The number of rotatable bonds is 3. The number of hydrogen-bond acceptors (Lipinski definition) is 1. The second-order valence-corrected chi connectivity index (χ2v) is 4.54. The average Bonchev–Trinajstić information content (AvgIpc) is 2.68. The first-order valence-electron chi connectivity index (χ1n) is 5.69. The van der Waals surface area contributed by atoms with E-state index in [-0.39, 0.29) is 11.7 Å². The Bertz CT molecular complexity index is 649. The van der Waals surface area contributed by atoms with E-state index in [9.17, 15) is 13.6 Å². The van der Waals surface area contributed by atoms with Crippen LogP contribution in [0.4, 0.5) is 8.78 Å². The van der Waals surface area contributed by atoms with Crippen molar-refractivity contribution in [3.63, 3.8) is 0 Å². The second-order valence-electron chi connectivity index (χ2n) is 4.28. The fourth-order valence-electron chi connectivity index (χ4n) is 2.14. The van der Waals surface area contributed by atoms with Gasteiger partial charge in [-0.3, -0.25) is 4.79 Å². The summed E-state index contributed by atoms with van der Waals surface area (Å²) < 4.78 is 27.9. The van der Waals surface area contributed by atoms with Crippen LogP contribution >= 0.6 is 11.6 Å². The highest BCUT2D eigenvalue weighted by Crippen LogP contribution is 2.22. The molecule has 0 saturated carbocycles. The average molecular weight is 284 g/mol. The minimum atomic E-state index is -0.921. The monoisotopic (exact) mass is 283 g/mol. The zero-order chi connectivity index (χ0) is 14.2. The molecule has 0 amide bonds. The van der Waals surface area contributed by atoms with Gasteiger partial charge in [0.15, 0.2) is 17.4 Å². The minimum Gasteiger partial charge on any atom is -0.318 e. The van der Waals surface area contributed by atoms with Gasteiger partial charge < -0.3 is 4.57 Å². The SMILES string of the molecule is Cc1cc(C(=O)CCl)c(C)n1-c1ccc(F)c(F)c1. The van der Waals surface area contributed by atoms with Gasteiger partial charge in [0.2, 0.25) is 0 Å². The van der Waals surface area contributed by atoms with Gasteiger partial charge in [0.1, 0.15) is 0 Å². The fourth-order valence-corrected chi connectivity index (χ4v) is 2.28. The molecular weight excluding hydrogens is 272 g/mol. The van der Waals surface area contributed by atoms with Gasteiger partial charge in [0.05, 0.1) is 5.88 Å². The lowest BCUT2D eigenvalue weighted by Crippen LogP contribution is -2.04. The Kier molecular flexibility index (Phi) is 3.71. The molecule has 1 aromatic heterocycles. The maximum Gasteiger partial charge on any atom is 0.179 e. The van der Waals surface area contributed by atoms with E-state index in [2.05, 4.69) is 0 Å². The molecule has 0 aliphatic carbocycles. The number of nitrogens with zero attached hydrogens (tertiary/aromatic N) is 1. The molecule has 0 aliphatic heterocycles. The number of aromatic nitrogens is 1. The third-order valence-electron chi connectivity index (χ3n) is 3.01. The van der Waals surface area contributed by atoms with Crippen LogP contribution in [-0.4, -0.2) is 16.2 Å². The molecule has 0 aliphatic rings. The summed E-state index contributed by atoms with van der Waals surface area (Å²) >= 11 is 5.54. The van der Waals surface area contributed by atoms with E-state index in [0.29, 0.717) is 16.9 Å². The summed E-state index contributed by atoms with van der Waals surface area (Å²) in [6, 6.07) is 5.32. The highest BCUT2D eigenvalue weighted by atomic mass is 35.5. The maximum absolute atomic E-state index is 13.3. The molecule has 5 heteroatoms. The molecule has 0 N–H and O–H groups in total. The Morgan fingerprint density at radius 3 is 2.47 bits per heavy atom. The first-order chi connectivity index (χ1) is 8.95. The van der Waals surface area contributed by atoms with Gasteiger partial charge in [0, 0.05) is 28.7 Å². The van der Waals surface area contributed by atoms with Crippen molar-refractivity contribution in [1.82, 2.24) is 4.57 Å². The standard InChI is InChI=1S/C14H12ClF2NO/c1-8-5-11(14(19)7-15)9(2)18(8)10-3-4-12(16)13(17)6-10/h3-6H,7H2,1-2H3. The molecule has 1 heterocycles. The first kappa shape index (κ1) is 13.7. The highest BCUT2D eigenvalue weighted by Gasteiger charge is 2.16. The highest BCUT2D eigenvalue weighted by molar-refractivity contribution is 6.30. The van der Waals surface area contributed by atoms with E-state index >= 15 is 0 Å². The predicted octanol–water partition coefficient (Wildman–Crippen LogP) is 3.79. The first-order valence-corrected chi connectivity index (χ1v) is 6.22. The zero-order valence-electron chi connectivity index (χ0n) is 10.5. The number of benzene rings is 1. The molecule has 2 rings (SSSR count). The molecule has 0 spiro atoms. The third kappa shape index (κ3) is 2.40. The zero-order valence-corrected chi connectivity index (χ0v) is 11.3. The van der Waals surface area contributed by atoms with Crippen molar-refractivity contribution in [3.8, 4) is 5.69 Å². The van der Waals surface area contributed by atoms with Crippen molar-refractivity contribution in [2.45, 2.75) is 13.8 Å². The second kappa shape index (κ2) is 5.13. The van der Waals surface area contributed by atoms with E-state index in [1.807, 2.05) is 0 Å². The molecule has 100 valence electrons. The van der Waals surface area contributed by atoms with Gasteiger partial charge in [-0.15, -0.1) is 11.6 Å². The smallest absolute Gasteiger partial charge is 0.179 e. The van der Waals surface area contributed by atoms with Crippen molar-refractivity contribution < 1.29 is 13.6 Å². The van der Waals surface area contributed by atoms with E-state index in [4.69, 9.17) is 11.6 Å². The summed E-state index contributed by atoms with van der Waals surface area (Å²) in [5.41, 5.74) is 2.39. The molecular formula is C14H12ClF2NO. The van der Waals surface area contributed by atoms with E-state index in [0.717, 1.165) is 17.8 Å². The van der Waals surface area contributed by atoms with Crippen LogP contribution in [0.1, 0.15) is 21.7 Å². The molecule has 19 heavy (non-hydrogen) atoms. The van der Waals surface area contributed by atoms with Crippen LogP contribution in [0.5, 0.6) is 0 Å². The van der Waals surface area contributed by atoms with E-state index in [1.165, 1.54) is 6.07 Å². The number of carbonyl (C=O) groups is 1. The van der Waals surface area contributed by atoms with Gasteiger partial charge in [-0.05, 0) is 32.0 Å². The van der Waals surface area contributed by atoms with Crippen LogP contribution in [0.2, 0.25) is 0 Å². The number of carbonyl (C=O) groups excluding carboxylic acids is 1. The minimum absolute atomic E-state index is 0.109. The fraction of sp³-hybridized carbons (Fsp3) is 0.214. The number of halogens is 3. The van der Waals surface area contributed by atoms with Crippen LogP contribution in [0, 0.1) is 25.5 Å². The van der Waals surface area contributed by atoms with Crippen molar-refractivity contribution in [1.29, 1.82) is 0 Å². The van der Waals surface area contributed by atoms with Gasteiger partial charge in [0.25, 0.3) is 0 Å². The van der Waals surface area contributed by atoms with Crippen LogP contribution in [0.3, 0.4) is 0 Å². The molecule has 0 radical (unpaired) electrons. The third-order valence-corrected chi connectivity index (χ3v) is 3.26. The van der Waals surface area contributed by atoms with Gasteiger partial charge in [-0.25, -0.2) is 8.78 Å². The lowest BCUT2D eigenvalue weighted by Gasteiger charge is -2.10. The van der Waals surface area contributed by atoms with Crippen molar-refractivity contribution >= 4 is 17.4 Å². The molecule has 0 saturated heterocycles. The van der Waals surface area contributed by atoms with E-state index < -0.39 is 11.6 Å². The maximum atomic E-state index is 13.3. The Morgan fingerprint density at radius 1 is 1.21 bits per heavy atom. The predicted molar refractivity (Wildman–Crippen MR) is 70.2 cm³/mol. The largest absolute Gasteiger partial charge is 0.318 e. The Hall–Kier alpha value is -1.68. The summed E-state index contributed by atoms with van der Waals surface area (Å²) in [6.45, 7) is 3.54. The van der Waals surface area contributed by atoms with E-state index in [1.54, 1.807) is 24.5 Å².